The standard InChI is InChI=1S/C25H36N4O3S/c1-18-6-3-4-7-19(18)26-24(31)25(2)17-28-20-8-15-33-22(20)16-21(28)23(30)29(25)10-5-9-27-11-13-32-14-12-27/h8,15-16,18-19H,3-7,9-14,17H2,1-2H3,(H,26,31). The molecular weight excluding hydrogens is 436 g/mol. The zero-order valence-corrected chi connectivity index (χ0v) is 20.7. The molecule has 1 aliphatic carbocycles. The van der Waals surface area contributed by atoms with Crippen LogP contribution in [-0.2, 0) is 16.1 Å². The van der Waals surface area contributed by atoms with Gasteiger partial charge >= 0.3 is 0 Å². The van der Waals surface area contributed by atoms with Gasteiger partial charge in [0.2, 0.25) is 5.91 Å². The minimum absolute atomic E-state index is 0.0105. The van der Waals surface area contributed by atoms with E-state index in [1.165, 1.54) is 6.42 Å². The molecule has 1 saturated carbocycles. The Bertz CT molecular complexity index is 1010. The highest BCUT2D eigenvalue weighted by molar-refractivity contribution is 7.17. The van der Waals surface area contributed by atoms with Gasteiger partial charge in [-0.05, 0) is 49.6 Å². The molecule has 4 heterocycles. The van der Waals surface area contributed by atoms with Gasteiger partial charge in [0.15, 0.2) is 0 Å². The van der Waals surface area contributed by atoms with Crippen molar-refractivity contribution in [1.29, 1.82) is 0 Å². The van der Waals surface area contributed by atoms with Gasteiger partial charge in [0, 0.05) is 32.2 Å². The number of ether oxygens (including phenoxy) is 1. The van der Waals surface area contributed by atoms with E-state index in [0.29, 0.717) is 24.7 Å². The van der Waals surface area contributed by atoms with Crippen LogP contribution in [0, 0.1) is 5.92 Å². The topological polar surface area (TPSA) is 66.8 Å². The van der Waals surface area contributed by atoms with Crippen molar-refractivity contribution in [2.24, 2.45) is 5.92 Å². The summed E-state index contributed by atoms with van der Waals surface area (Å²) < 4.78 is 8.63. The van der Waals surface area contributed by atoms with E-state index in [9.17, 15) is 9.59 Å². The molecule has 3 unspecified atom stereocenters. The summed E-state index contributed by atoms with van der Waals surface area (Å²) in [6.07, 6.45) is 5.42. The Labute approximate surface area is 200 Å². The van der Waals surface area contributed by atoms with Crippen LogP contribution in [0.4, 0.5) is 0 Å². The molecule has 0 radical (unpaired) electrons. The highest BCUT2D eigenvalue weighted by Crippen LogP contribution is 2.35. The van der Waals surface area contributed by atoms with Crippen molar-refractivity contribution >= 4 is 33.4 Å². The summed E-state index contributed by atoms with van der Waals surface area (Å²) in [5.41, 5.74) is 0.862. The molecule has 3 atom stereocenters. The first-order valence-corrected chi connectivity index (χ1v) is 13.3. The molecule has 2 aliphatic heterocycles. The summed E-state index contributed by atoms with van der Waals surface area (Å²) in [7, 11) is 0. The van der Waals surface area contributed by atoms with Crippen molar-refractivity contribution in [2.75, 3.05) is 39.4 Å². The number of morpholine rings is 1. The van der Waals surface area contributed by atoms with Crippen LogP contribution in [0.2, 0.25) is 0 Å². The first-order chi connectivity index (χ1) is 16.0. The van der Waals surface area contributed by atoms with Gasteiger partial charge in [-0.25, -0.2) is 0 Å². The third-order valence-corrected chi connectivity index (χ3v) is 8.78. The average Bonchev–Trinajstić information content (AvgIpc) is 3.41. The highest BCUT2D eigenvalue weighted by Gasteiger charge is 2.48. The molecule has 2 amide bonds. The molecule has 2 aromatic rings. The Morgan fingerprint density at radius 2 is 2.03 bits per heavy atom. The SMILES string of the molecule is CC1CCCCC1NC(=O)C1(C)Cn2c(cc3sccc32)C(=O)N1CCCN1CCOCC1. The fourth-order valence-electron chi connectivity index (χ4n) is 5.75. The molecule has 0 aromatic carbocycles. The van der Waals surface area contributed by atoms with E-state index in [1.807, 2.05) is 17.9 Å². The number of hydrogen-bond acceptors (Lipinski definition) is 5. The number of nitrogens with one attached hydrogen (secondary N) is 1. The van der Waals surface area contributed by atoms with Crippen LogP contribution in [0.1, 0.15) is 56.4 Å². The van der Waals surface area contributed by atoms with E-state index >= 15 is 0 Å². The quantitative estimate of drug-likeness (QED) is 0.700. The van der Waals surface area contributed by atoms with Crippen LogP contribution >= 0.6 is 11.3 Å². The summed E-state index contributed by atoms with van der Waals surface area (Å²) in [5, 5.41) is 5.42. The summed E-state index contributed by atoms with van der Waals surface area (Å²) in [6.45, 7) is 9.60. The molecule has 180 valence electrons. The Hall–Kier alpha value is -1.90. The lowest BCUT2D eigenvalue weighted by Crippen LogP contribution is -2.65. The molecule has 2 fully saturated rings. The smallest absolute Gasteiger partial charge is 0.271 e. The average molecular weight is 473 g/mol. The largest absolute Gasteiger partial charge is 0.379 e. The van der Waals surface area contributed by atoms with Gasteiger partial charge in [0.05, 0.1) is 30.0 Å². The highest BCUT2D eigenvalue weighted by atomic mass is 32.1. The summed E-state index contributed by atoms with van der Waals surface area (Å²) in [6, 6.07) is 4.25. The van der Waals surface area contributed by atoms with Crippen molar-refractivity contribution in [3.63, 3.8) is 0 Å². The van der Waals surface area contributed by atoms with Crippen LogP contribution in [0.25, 0.3) is 10.2 Å². The van der Waals surface area contributed by atoms with Gasteiger partial charge < -0.3 is 19.5 Å². The zero-order chi connectivity index (χ0) is 23.0. The maximum atomic E-state index is 13.8. The molecule has 7 nitrogen and oxygen atoms in total. The van der Waals surface area contributed by atoms with Crippen LogP contribution in [0.15, 0.2) is 17.5 Å². The monoisotopic (exact) mass is 472 g/mol. The molecule has 1 N–H and O–H groups in total. The molecular formula is C25H36N4O3S. The summed E-state index contributed by atoms with van der Waals surface area (Å²) >= 11 is 1.65. The van der Waals surface area contributed by atoms with Crippen molar-refractivity contribution < 1.29 is 14.3 Å². The molecule has 3 aliphatic rings. The Kier molecular flexibility index (Phi) is 6.51. The molecule has 2 aromatic heterocycles. The number of hydrogen-bond donors (Lipinski definition) is 1. The van der Waals surface area contributed by atoms with E-state index in [4.69, 9.17) is 4.74 Å². The maximum absolute atomic E-state index is 13.8. The van der Waals surface area contributed by atoms with E-state index in [-0.39, 0.29) is 17.9 Å². The van der Waals surface area contributed by atoms with Gasteiger partial charge in [-0.3, -0.25) is 14.5 Å². The first kappa shape index (κ1) is 22.9. The van der Waals surface area contributed by atoms with E-state index in [0.717, 1.165) is 68.7 Å². The second-order valence-electron chi connectivity index (χ2n) is 10.2. The molecule has 8 heteroatoms. The van der Waals surface area contributed by atoms with Crippen molar-refractivity contribution in [2.45, 2.75) is 64.1 Å². The number of fused-ring (bicyclic) bond motifs is 3. The van der Waals surface area contributed by atoms with Crippen molar-refractivity contribution in [3.05, 3.63) is 23.2 Å². The maximum Gasteiger partial charge on any atom is 0.271 e. The minimum atomic E-state index is -0.903. The molecule has 5 rings (SSSR count). The number of carbonyl (C=O) groups excluding carboxylic acids is 2. The third kappa shape index (κ3) is 4.33. The lowest BCUT2D eigenvalue weighted by Gasteiger charge is -2.45. The van der Waals surface area contributed by atoms with Crippen LogP contribution in [0.5, 0.6) is 0 Å². The summed E-state index contributed by atoms with van der Waals surface area (Å²) in [5.74, 6) is 0.441. The third-order valence-electron chi connectivity index (χ3n) is 7.93. The second kappa shape index (κ2) is 9.39. The van der Waals surface area contributed by atoms with Crippen LogP contribution < -0.4 is 5.32 Å². The first-order valence-electron chi connectivity index (χ1n) is 12.5. The zero-order valence-electron chi connectivity index (χ0n) is 19.8. The van der Waals surface area contributed by atoms with E-state index in [2.05, 4.69) is 33.2 Å². The van der Waals surface area contributed by atoms with Gasteiger partial charge in [-0.15, -0.1) is 11.3 Å². The van der Waals surface area contributed by atoms with E-state index < -0.39 is 5.54 Å². The summed E-state index contributed by atoms with van der Waals surface area (Å²) in [4.78, 5) is 31.8. The lowest BCUT2D eigenvalue weighted by molar-refractivity contribution is -0.134. The van der Waals surface area contributed by atoms with Crippen LogP contribution in [-0.4, -0.2) is 77.2 Å². The van der Waals surface area contributed by atoms with Crippen molar-refractivity contribution in [3.8, 4) is 0 Å². The number of thiophene rings is 1. The molecule has 1 saturated heterocycles. The van der Waals surface area contributed by atoms with Gasteiger partial charge in [0.1, 0.15) is 11.2 Å². The fourth-order valence-corrected chi connectivity index (χ4v) is 6.58. The lowest BCUT2D eigenvalue weighted by atomic mass is 9.85. The predicted molar refractivity (Wildman–Crippen MR) is 131 cm³/mol. The normalized spacial score (nSPS) is 28.8. The predicted octanol–water partition coefficient (Wildman–Crippen LogP) is 3.33. The number of rotatable bonds is 6. The Balaban J connectivity index is 1.39. The fraction of sp³-hybridized carbons (Fsp3) is 0.680. The number of carbonyl (C=O) groups is 2. The van der Waals surface area contributed by atoms with Gasteiger partial charge in [-0.1, -0.05) is 19.8 Å². The minimum Gasteiger partial charge on any atom is -0.379 e. The number of amides is 2. The number of aromatic nitrogens is 1. The molecule has 0 spiro atoms. The Morgan fingerprint density at radius 1 is 1.24 bits per heavy atom. The van der Waals surface area contributed by atoms with E-state index in [1.54, 1.807) is 11.3 Å². The second-order valence-corrected chi connectivity index (χ2v) is 11.1. The molecule has 33 heavy (non-hydrogen) atoms. The number of nitrogens with zero attached hydrogens (tertiary/aromatic N) is 3. The molecule has 0 bridgehead atoms. The van der Waals surface area contributed by atoms with Gasteiger partial charge in [0.25, 0.3) is 5.91 Å². The van der Waals surface area contributed by atoms with Gasteiger partial charge in [-0.2, -0.15) is 0 Å². The Morgan fingerprint density at radius 3 is 2.82 bits per heavy atom. The van der Waals surface area contributed by atoms with Crippen LogP contribution in [0.3, 0.4) is 0 Å². The van der Waals surface area contributed by atoms with Crippen molar-refractivity contribution in [1.82, 2.24) is 19.7 Å².